The quantitative estimate of drug-likeness (QED) is 0.443. The summed E-state index contributed by atoms with van der Waals surface area (Å²) in [5.41, 5.74) is 1.05. The Morgan fingerprint density at radius 3 is 2.63 bits per heavy atom. The molecule has 0 bridgehead atoms. The summed E-state index contributed by atoms with van der Waals surface area (Å²) < 4.78 is 0.898. The zero-order chi connectivity index (χ0) is 14.4. The van der Waals surface area contributed by atoms with Crippen molar-refractivity contribution in [3.63, 3.8) is 0 Å². The van der Waals surface area contributed by atoms with E-state index in [1.54, 1.807) is 6.07 Å². The number of halogens is 1. The van der Waals surface area contributed by atoms with E-state index in [1.807, 2.05) is 12.1 Å². The lowest BCUT2D eigenvalue weighted by Crippen LogP contribution is -2.34. The van der Waals surface area contributed by atoms with Crippen molar-refractivity contribution in [2.24, 2.45) is 0 Å². The van der Waals surface area contributed by atoms with Crippen LogP contribution in [-0.2, 0) is 0 Å². The Kier molecular flexibility index (Phi) is 6.71. The fraction of sp³-hybridized carbons (Fsp3) is 0.571. The van der Waals surface area contributed by atoms with Crippen molar-refractivity contribution in [2.75, 3.05) is 6.54 Å². The second kappa shape index (κ2) is 7.79. The van der Waals surface area contributed by atoms with Gasteiger partial charge in [-0.25, -0.2) is 0 Å². The molecule has 2 unspecified atom stereocenters. The molecule has 0 aliphatic carbocycles. The maximum Gasteiger partial charge on any atom is 0.273 e. The maximum absolute atomic E-state index is 11.2. The summed E-state index contributed by atoms with van der Waals surface area (Å²) in [6.45, 7) is 7.24. The van der Waals surface area contributed by atoms with Gasteiger partial charge in [0.1, 0.15) is 0 Å². The van der Waals surface area contributed by atoms with Crippen molar-refractivity contribution in [1.82, 2.24) is 5.32 Å². The molecule has 1 rings (SSSR count). The van der Waals surface area contributed by atoms with Crippen molar-refractivity contribution in [3.8, 4) is 0 Å². The van der Waals surface area contributed by atoms with Crippen molar-refractivity contribution < 1.29 is 4.92 Å². The zero-order valence-corrected chi connectivity index (χ0v) is 13.8. The lowest BCUT2D eigenvalue weighted by atomic mass is 9.90. The van der Waals surface area contributed by atoms with Crippen molar-refractivity contribution in [3.05, 3.63) is 37.4 Å². The molecule has 0 saturated heterocycles. The molecule has 19 heavy (non-hydrogen) atoms. The van der Waals surface area contributed by atoms with E-state index in [-0.39, 0.29) is 22.6 Å². The molecule has 0 aromatic heterocycles. The van der Waals surface area contributed by atoms with Crippen LogP contribution in [0.3, 0.4) is 0 Å². The summed E-state index contributed by atoms with van der Waals surface area (Å²) in [6, 6.07) is 5.75. The van der Waals surface area contributed by atoms with Crippen LogP contribution in [0.5, 0.6) is 0 Å². The first kappa shape index (κ1) is 16.4. The first-order valence-corrected chi connectivity index (χ1v) is 7.76. The second-order valence-electron chi connectivity index (χ2n) is 4.72. The van der Waals surface area contributed by atoms with E-state index in [4.69, 9.17) is 0 Å². The van der Waals surface area contributed by atoms with Crippen LogP contribution in [0.1, 0.15) is 45.1 Å². The lowest BCUT2D eigenvalue weighted by molar-refractivity contribution is -0.385. The molecule has 5 heteroatoms. The molecule has 106 valence electrons. The van der Waals surface area contributed by atoms with Gasteiger partial charge in [0, 0.05) is 27.2 Å². The number of hydrogen-bond acceptors (Lipinski definition) is 3. The van der Waals surface area contributed by atoms with Crippen LogP contribution in [0.4, 0.5) is 5.69 Å². The van der Waals surface area contributed by atoms with Gasteiger partial charge in [0.2, 0.25) is 0 Å². The predicted octanol–water partition coefficient (Wildman–Crippen LogP) is 4.08. The molecule has 2 atom stereocenters. The molecule has 0 fully saturated rings. The van der Waals surface area contributed by atoms with Gasteiger partial charge in [0.15, 0.2) is 0 Å². The predicted molar refractivity (Wildman–Crippen MR) is 86.6 cm³/mol. The molecule has 0 radical (unpaired) electrons. The normalized spacial score (nSPS) is 14.1. The van der Waals surface area contributed by atoms with E-state index < -0.39 is 0 Å². The molecule has 0 saturated carbocycles. The highest BCUT2D eigenvalue weighted by atomic mass is 127. The average Bonchev–Trinajstić information content (AvgIpc) is 2.39. The SMILES string of the molecule is CCCNC(CC)C(C)c1ccc(I)cc1[N+](=O)[O-]. The molecule has 0 amide bonds. The minimum atomic E-state index is -0.277. The van der Waals surface area contributed by atoms with Gasteiger partial charge in [-0.1, -0.05) is 26.8 Å². The molecule has 0 heterocycles. The highest BCUT2D eigenvalue weighted by molar-refractivity contribution is 14.1. The Morgan fingerprint density at radius 1 is 1.42 bits per heavy atom. The Hall–Kier alpha value is -0.690. The fourth-order valence-corrected chi connectivity index (χ4v) is 2.76. The molecule has 0 aliphatic heterocycles. The summed E-state index contributed by atoms with van der Waals surface area (Å²) in [5.74, 6) is 0.133. The van der Waals surface area contributed by atoms with Crippen LogP contribution in [0.25, 0.3) is 0 Å². The first-order chi connectivity index (χ1) is 9.01. The van der Waals surface area contributed by atoms with E-state index in [0.29, 0.717) is 0 Å². The lowest BCUT2D eigenvalue weighted by Gasteiger charge is -2.24. The third kappa shape index (κ3) is 4.42. The maximum atomic E-state index is 11.2. The second-order valence-corrected chi connectivity index (χ2v) is 5.96. The number of rotatable bonds is 7. The molecule has 1 aromatic rings. The highest BCUT2D eigenvalue weighted by Gasteiger charge is 2.24. The van der Waals surface area contributed by atoms with E-state index in [0.717, 1.165) is 28.5 Å². The molecular weight excluding hydrogens is 355 g/mol. The zero-order valence-electron chi connectivity index (χ0n) is 11.6. The Labute approximate surface area is 128 Å². The van der Waals surface area contributed by atoms with E-state index in [2.05, 4.69) is 48.7 Å². The minimum Gasteiger partial charge on any atom is -0.313 e. The largest absolute Gasteiger partial charge is 0.313 e. The Balaban J connectivity index is 3.03. The smallest absolute Gasteiger partial charge is 0.273 e. The van der Waals surface area contributed by atoms with Crippen molar-refractivity contribution in [1.29, 1.82) is 0 Å². The van der Waals surface area contributed by atoms with Crippen molar-refractivity contribution >= 4 is 28.3 Å². The summed E-state index contributed by atoms with van der Waals surface area (Å²) in [5, 5.41) is 14.7. The first-order valence-electron chi connectivity index (χ1n) is 6.68. The van der Waals surface area contributed by atoms with Gasteiger partial charge >= 0.3 is 0 Å². The summed E-state index contributed by atoms with van der Waals surface area (Å²) >= 11 is 2.11. The molecular formula is C14H21IN2O2. The van der Waals surface area contributed by atoms with Crippen LogP contribution >= 0.6 is 22.6 Å². The highest BCUT2D eigenvalue weighted by Crippen LogP contribution is 2.31. The topological polar surface area (TPSA) is 55.2 Å². The van der Waals surface area contributed by atoms with Crippen LogP contribution in [0.2, 0.25) is 0 Å². The number of nitro benzene ring substituents is 1. The van der Waals surface area contributed by atoms with Crippen LogP contribution in [0, 0.1) is 13.7 Å². The van der Waals surface area contributed by atoms with E-state index in [9.17, 15) is 10.1 Å². The van der Waals surface area contributed by atoms with Crippen molar-refractivity contribution in [2.45, 2.75) is 45.6 Å². The Morgan fingerprint density at radius 2 is 2.11 bits per heavy atom. The third-order valence-corrected chi connectivity index (χ3v) is 4.05. The van der Waals surface area contributed by atoms with Gasteiger partial charge < -0.3 is 5.32 Å². The average molecular weight is 376 g/mol. The number of hydrogen-bond donors (Lipinski definition) is 1. The van der Waals surface area contributed by atoms with Crippen LogP contribution < -0.4 is 5.32 Å². The number of nitrogens with zero attached hydrogens (tertiary/aromatic N) is 1. The van der Waals surface area contributed by atoms with Gasteiger partial charge in [-0.05, 0) is 48.0 Å². The van der Waals surface area contributed by atoms with E-state index >= 15 is 0 Å². The summed E-state index contributed by atoms with van der Waals surface area (Å²) in [6.07, 6.45) is 2.03. The molecule has 1 aromatic carbocycles. The molecule has 0 aliphatic rings. The number of nitrogens with one attached hydrogen (secondary N) is 1. The monoisotopic (exact) mass is 376 g/mol. The van der Waals surface area contributed by atoms with E-state index in [1.165, 1.54) is 0 Å². The Bertz CT molecular complexity index is 437. The fourth-order valence-electron chi connectivity index (χ4n) is 2.28. The number of benzene rings is 1. The summed E-state index contributed by atoms with van der Waals surface area (Å²) in [4.78, 5) is 10.9. The van der Waals surface area contributed by atoms with Crippen LogP contribution in [0.15, 0.2) is 18.2 Å². The van der Waals surface area contributed by atoms with Gasteiger partial charge in [0.25, 0.3) is 5.69 Å². The van der Waals surface area contributed by atoms with Gasteiger partial charge in [-0.3, -0.25) is 10.1 Å². The standard InChI is InChI=1S/C14H21IN2O2/c1-4-8-16-13(5-2)10(3)12-7-6-11(15)9-14(12)17(18)19/h6-7,9-10,13,16H,4-5,8H2,1-3H3. The minimum absolute atomic E-state index is 0.133. The molecule has 0 spiro atoms. The summed E-state index contributed by atoms with van der Waals surface area (Å²) in [7, 11) is 0. The van der Waals surface area contributed by atoms with Gasteiger partial charge in [0.05, 0.1) is 4.92 Å². The molecule has 4 nitrogen and oxygen atoms in total. The molecule has 1 N–H and O–H groups in total. The third-order valence-electron chi connectivity index (χ3n) is 3.38. The van der Waals surface area contributed by atoms with Gasteiger partial charge in [-0.2, -0.15) is 0 Å². The number of nitro groups is 1. The van der Waals surface area contributed by atoms with Gasteiger partial charge in [-0.15, -0.1) is 0 Å². The van der Waals surface area contributed by atoms with Crippen LogP contribution in [-0.4, -0.2) is 17.5 Å².